The second-order valence-corrected chi connectivity index (χ2v) is 12.6. The van der Waals surface area contributed by atoms with Crippen molar-refractivity contribution in [1.82, 2.24) is 15.8 Å². The van der Waals surface area contributed by atoms with Gasteiger partial charge in [-0.25, -0.2) is 10.5 Å². The molecule has 1 saturated heterocycles. The van der Waals surface area contributed by atoms with Gasteiger partial charge in [0, 0.05) is 43.3 Å². The summed E-state index contributed by atoms with van der Waals surface area (Å²) >= 11 is 1.67. The van der Waals surface area contributed by atoms with Crippen molar-refractivity contribution in [2.24, 2.45) is 0 Å². The second kappa shape index (κ2) is 17.7. The third kappa shape index (κ3) is 10.5. The fourth-order valence-corrected chi connectivity index (χ4v) is 6.33. The zero-order valence-corrected chi connectivity index (χ0v) is 27.0. The van der Waals surface area contributed by atoms with Crippen LogP contribution in [0.15, 0.2) is 102 Å². The predicted octanol–water partition coefficient (Wildman–Crippen LogP) is 6.65. The van der Waals surface area contributed by atoms with E-state index in [1.807, 2.05) is 72.8 Å². The predicted molar refractivity (Wildman–Crippen MR) is 180 cm³/mol. The van der Waals surface area contributed by atoms with E-state index in [1.54, 1.807) is 23.4 Å². The molecule has 4 N–H and O–H groups in total. The molecule has 3 unspecified atom stereocenters. The first kappa shape index (κ1) is 34.3. The van der Waals surface area contributed by atoms with Gasteiger partial charge in [0.1, 0.15) is 0 Å². The smallest absolute Gasteiger partial charge is 0.243 e. The van der Waals surface area contributed by atoms with Crippen LogP contribution in [0.5, 0.6) is 0 Å². The van der Waals surface area contributed by atoms with Gasteiger partial charge in [0.05, 0.1) is 23.8 Å². The maximum absolute atomic E-state index is 12.4. The van der Waals surface area contributed by atoms with Crippen molar-refractivity contribution >= 4 is 23.6 Å². The molecule has 9 nitrogen and oxygen atoms in total. The molecule has 5 rings (SSSR count). The van der Waals surface area contributed by atoms with E-state index in [9.17, 15) is 14.7 Å². The molecule has 3 aromatic carbocycles. The molecule has 0 saturated carbocycles. The van der Waals surface area contributed by atoms with Crippen molar-refractivity contribution in [2.45, 2.75) is 75.2 Å². The lowest BCUT2D eigenvalue weighted by Crippen LogP contribution is -2.31. The SMILES string of the molecule is O=C(CCCCCC(=O)NCc1cccc(-c2cccc(C3OC(CSc4ccccn4)CC(c4ccc(CO)cc4)O3)c2)c1)NO. The minimum Gasteiger partial charge on any atom is -0.392 e. The quantitative estimate of drug-likeness (QED) is 0.0485. The van der Waals surface area contributed by atoms with Crippen LogP contribution in [0.25, 0.3) is 11.1 Å². The number of thioether (sulfide) groups is 1. The number of aliphatic hydroxyl groups excluding tert-OH is 1. The summed E-state index contributed by atoms with van der Waals surface area (Å²) in [5.41, 5.74) is 7.47. The number of carbonyl (C=O) groups excluding carboxylic acids is 2. The number of pyridine rings is 1. The number of amides is 2. The van der Waals surface area contributed by atoms with Crippen molar-refractivity contribution in [3.63, 3.8) is 0 Å². The number of unbranched alkanes of at least 4 members (excludes halogenated alkanes) is 2. The maximum atomic E-state index is 12.4. The highest BCUT2D eigenvalue weighted by Crippen LogP contribution is 2.40. The average Bonchev–Trinajstić information content (AvgIpc) is 3.13. The fourth-order valence-electron chi connectivity index (χ4n) is 5.45. The zero-order chi connectivity index (χ0) is 32.8. The minimum atomic E-state index is -0.568. The molecule has 0 radical (unpaired) electrons. The number of aliphatic hydroxyl groups is 1. The number of rotatable bonds is 15. The molecule has 10 heteroatoms. The van der Waals surface area contributed by atoms with Crippen LogP contribution in [-0.4, -0.2) is 39.0 Å². The van der Waals surface area contributed by atoms with Gasteiger partial charge in [-0.3, -0.25) is 14.8 Å². The summed E-state index contributed by atoms with van der Waals surface area (Å²) in [4.78, 5) is 27.9. The number of carbonyl (C=O) groups is 2. The number of ether oxygens (including phenoxy) is 2. The van der Waals surface area contributed by atoms with E-state index < -0.39 is 12.2 Å². The first-order chi connectivity index (χ1) is 23.0. The van der Waals surface area contributed by atoms with Gasteiger partial charge in [0.15, 0.2) is 6.29 Å². The summed E-state index contributed by atoms with van der Waals surface area (Å²) < 4.78 is 13.1. The molecule has 2 amide bonds. The zero-order valence-electron chi connectivity index (χ0n) is 26.2. The van der Waals surface area contributed by atoms with Gasteiger partial charge in [0.25, 0.3) is 0 Å². The van der Waals surface area contributed by atoms with E-state index >= 15 is 0 Å². The molecule has 3 atom stereocenters. The summed E-state index contributed by atoms with van der Waals surface area (Å²) in [7, 11) is 0. The van der Waals surface area contributed by atoms with Gasteiger partial charge < -0.3 is 19.9 Å². The molecule has 0 spiro atoms. The Hall–Kier alpha value is -4.06. The van der Waals surface area contributed by atoms with Crippen molar-refractivity contribution in [1.29, 1.82) is 0 Å². The van der Waals surface area contributed by atoms with Crippen LogP contribution in [0.3, 0.4) is 0 Å². The number of hydrogen-bond acceptors (Lipinski definition) is 8. The Bertz CT molecular complexity index is 1590. The van der Waals surface area contributed by atoms with E-state index in [-0.39, 0.29) is 31.1 Å². The Morgan fingerprint density at radius 2 is 1.57 bits per heavy atom. The molecule has 4 aromatic rings. The van der Waals surface area contributed by atoms with Crippen molar-refractivity contribution < 1.29 is 29.4 Å². The number of hydroxylamine groups is 1. The molecule has 1 aliphatic rings. The summed E-state index contributed by atoms with van der Waals surface area (Å²) in [6, 6.07) is 30.1. The molecule has 2 heterocycles. The number of aromatic nitrogens is 1. The summed E-state index contributed by atoms with van der Waals surface area (Å²) in [6.07, 6.45) is 4.36. The minimum absolute atomic E-state index is 0.00368. The largest absolute Gasteiger partial charge is 0.392 e. The third-order valence-corrected chi connectivity index (χ3v) is 9.09. The van der Waals surface area contributed by atoms with Crippen molar-refractivity contribution in [3.8, 4) is 11.1 Å². The van der Waals surface area contributed by atoms with Gasteiger partial charge in [-0.15, -0.1) is 11.8 Å². The second-order valence-electron chi connectivity index (χ2n) is 11.5. The lowest BCUT2D eigenvalue weighted by Gasteiger charge is -2.36. The van der Waals surface area contributed by atoms with Gasteiger partial charge >= 0.3 is 0 Å². The number of nitrogens with one attached hydrogen (secondary N) is 2. The Balaban J connectivity index is 1.24. The van der Waals surface area contributed by atoms with Gasteiger partial charge in [-0.1, -0.05) is 73.2 Å². The molecular weight excluding hydrogens is 614 g/mol. The highest BCUT2D eigenvalue weighted by atomic mass is 32.2. The van der Waals surface area contributed by atoms with Crippen LogP contribution in [0.1, 0.15) is 73.2 Å². The van der Waals surface area contributed by atoms with Crippen LogP contribution < -0.4 is 10.8 Å². The molecule has 0 aliphatic carbocycles. The Labute approximate surface area is 279 Å². The highest BCUT2D eigenvalue weighted by Gasteiger charge is 2.32. The first-order valence-electron chi connectivity index (χ1n) is 15.9. The molecular formula is C37H41N3O6S. The van der Waals surface area contributed by atoms with Crippen LogP contribution >= 0.6 is 11.8 Å². The average molecular weight is 656 g/mol. The van der Waals surface area contributed by atoms with Crippen LogP contribution in [0, 0.1) is 0 Å². The number of hydrogen-bond donors (Lipinski definition) is 4. The van der Waals surface area contributed by atoms with Gasteiger partial charge in [0.2, 0.25) is 11.8 Å². The lowest BCUT2D eigenvalue weighted by molar-refractivity contribution is -0.245. The fraction of sp³-hybridized carbons (Fsp3) is 0.324. The molecule has 246 valence electrons. The molecule has 1 aliphatic heterocycles. The van der Waals surface area contributed by atoms with Crippen LogP contribution in [0.2, 0.25) is 0 Å². The molecule has 1 fully saturated rings. The van der Waals surface area contributed by atoms with Crippen LogP contribution in [-0.2, 0) is 32.2 Å². The van der Waals surface area contributed by atoms with Crippen molar-refractivity contribution in [3.05, 3.63) is 119 Å². The lowest BCUT2D eigenvalue weighted by atomic mass is 9.99. The number of benzene rings is 3. The number of nitrogens with zero attached hydrogens (tertiary/aromatic N) is 1. The third-order valence-electron chi connectivity index (χ3n) is 8.01. The van der Waals surface area contributed by atoms with Crippen LogP contribution in [0.4, 0.5) is 0 Å². The topological polar surface area (TPSA) is 130 Å². The van der Waals surface area contributed by atoms with Gasteiger partial charge in [-0.2, -0.15) is 0 Å². The maximum Gasteiger partial charge on any atom is 0.243 e. The summed E-state index contributed by atoms with van der Waals surface area (Å²) in [6.45, 7) is 0.413. The monoisotopic (exact) mass is 655 g/mol. The van der Waals surface area contributed by atoms with E-state index in [0.717, 1.165) is 50.6 Å². The molecule has 47 heavy (non-hydrogen) atoms. The molecule has 1 aromatic heterocycles. The van der Waals surface area contributed by atoms with E-state index in [0.29, 0.717) is 32.2 Å². The first-order valence-corrected chi connectivity index (χ1v) is 16.9. The highest BCUT2D eigenvalue weighted by molar-refractivity contribution is 7.99. The summed E-state index contributed by atoms with van der Waals surface area (Å²) in [5.74, 6) is 0.288. The standard InChI is InChI=1S/C37H41N3O6S/c41-24-26-15-17-28(18-16-26)33-22-32(25-47-36-14-4-5-19-38-36)45-37(46-33)31-11-7-10-30(21-31)29-9-6-8-27(20-29)23-39-34(42)12-2-1-3-13-35(43)40-44/h4-11,14-21,32-33,37,41,44H,1-3,12-13,22-25H2,(H,39,42)(H,40,43). The molecule has 0 bridgehead atoms. The van der Waals surface area contributed by atoms with Crippen molar-refractivity contribution in [2.75, 3.05) is 5.75 Å². The van der Waals surface area contributed by atoms with E-state index in [1.165, 1.54) is 0 Å². The van der Waals surface area contributed by atoms with Gasteiger partial charge in [-0.05, 0) is 64.9 Å². The Morgan fingerprint density at radius 3 is 2.32 bits per heavy atom. The van der Waals surface area contributed by atoms with E-state index in [2.05, 4.69) is 28.5 Å². The Morgan fingerprint density at radius 1 is 0.809 bits per heavy atom. The summed E-state index contributed by atoms with van der Waals surface area (Å²) in [5, 5.41) is 22.0. The van der Waals surface area contributed by atoms with E-state index in [4.69, 9.17) is 14.7 Å². The normalized spacial score (nSPS) is 17.6. The Kier molecular flexibility index (Phi) is 12.9.